The largest absolute Gasteiger partial charge is 0.325 e. The van der Waals surface area contributed by atoms with Crippen molar-refractivity contribution in [3.05, 3.63) is 68.5 Å². The lowest BCUT2D eigenvalue weighted by Gasteiger charge is -2.12. The van der Waals surface area contributed by atoms with Gasteiger partial charge in [-0.05, 0) is 59.8 Å². The number of imide groups is 1. The Hall–Kier alpha value is -2.09. The number of carbonyl (C=O) groups is 3. The number of carbonyl (C=O) groups excluding carboxylic acids is 3. The first-order valence-electron chi connectivity index (χ1n) is 7.49. The molecular formula is C18H12BrClN2O3S. The van der Waals surface area contributed by atoms with Crippen molar-refractivity contribution in [1.29, 1.82) is 0 Å². The average Bonchev–Trinajstić information content (AvgIpc) is 2.86. The maximum atomic E-state index is 12.4. The number of anilines is 1. The Morgan fingerprint density at radius 2 is 1.77 bits per heavy atom. The van der Waals surface area contributed by atoms with Gasteiger partial charge < -0.3 is 5.32 Å². The van der Waals surface area contributed by atoms with Crippen LogP contribution in [-0.4, -0.2) is 28.5 Å². The third-order valence-electron chi connectivity index (χ3n) is 3.47. The number of nitrogens with zero attached hydrogens (tertiary/aromatic N) is 1. The Balaban J connectivity index is 1.67. The van der Waals surface area contributed by atoms with Crippen molar-refractivity contribution in [2.45, 2.75) is 0 Å². The highest BCUT2D eigenvalue weighted by molar-refractivity contribution is 9.10. The summed E-state index contributed by atoms with van der Waals surface area (Å²) < 4.78 is 0.883. The predicted octanol–water partition coefficient (Wildman–Crippen LogP) is 4.78. The molecule has 0 unspecified atom stereocenters. The molecule has 26 heavy (non-hydrogen) atoms. The fraction of sp³-hybridized carbons (Fsp3) is 0.0556. The van der Waals surface area contributed by atoms with Crippen LogP contribution in [0.2, 0.25) is 5.02 Å². The molecular weight excluding hydrogens is 440 g/mol. The molecule has 1 aliphatic heterocycles. The number of thioether (sulfide) groups is 1. The van der Waals surface area contributed by atoms with E-state index >= 15 is 0 Å². The van der Waals surface area contributed by atoms with E-state index in [4.69, 9.17) is 11.6 Å². The first kappa shape index (κ1) is 18.7. The molecule has 132 valence electrons. The van der Waals surface area contributed by atoms with Crippen LogP contribution in [-0.2, 0) is 9.59 Å². The molecule has 0 radical (unpaired) electrons. The predicted molar refractivity (Wildman–Crippen MR) is 107 cm³/mol. The van der Waals surface area contributed by atoms with Crippen LogP contribution < -0.4 is 5.32 Å². The maximum Gasteiger partial charge on any atom is 0.294 e. The van der Waals surface area contributed by atoms with Gasteiger partial charge in [-0.3, -0.25) is 19.3 Å². The second-order valence-electron chi connectivity index (χ2n) is 5.37. The van der Waals surface area contributed by atoms with Crippen LogP contribution in [0.25, 0.3) is 6.08 Å². The molecule has 5 nitrogen and oxygen atoms in total. The minimum absolute atomic E-state index is 0.272. The Kier molecular flexibility index (Phi) is 5.80. The van der Waals surface area contributed by atoms with Crippen LogP contribution in [0, 0.1) is 0 Å². The van der Waals surface area contributed by atoms with E-state index in [1.807, 2.05) is 0 Å². The van der Waals surface area contributed by atoms with Gasteiger partial charge in [-0.25, -0.2) is 0 Å². The van der Waals surface area contributed by atoms with Gasteiger partial charge in [0.15, 0.2) is 0 Å². The molecule has 1 fully saturated rings. The number of halogens is 2. The third kappa shape index (κ3) is 4.55. The highest BCUT2D eigenvalue weighted by Gasteiger charge is 2.36. The van der Waals surface area contributed by atoms with Gasteiger partial charge in [-0.2, -0.15) is 0 Å². The van der Waals surface area contributed by atoms with Crippen LogP contribution in [0.15, 0.2) is 57.9 Å². The normalized spacial score (nSPS) is 15.6. The number of amides is 3. The van der Waals surface area contributed by atoms with Gasteiger partial charge in [0.1, 0.15) is 6.54 Å². The Bertz CT molecular complexity index is 898. The fourth-order valence-corrected chi connectivity index (χ4v) is 3.45. The molecule has 2 aromatic carbocycles. The topological polar surface area (TPSA) is 66.5 Å². The van der Waals surface area contributed by atoms with Crippen LogP contribution in [0.4, 0.5) is 10.5 Å². The van der Waals surface area contributed by atoms with Crippen molar-refractivity contribution in [2.24, 2.45) is 0 Å². The maximum absolute atomic E-state index is 12.4. The Morgan fingerprint density at radius 3 is 2.42 bits per heavy atom. The quantitative estimate of drug-likeness (QED) is 0.680. The zero-order valence-electron chi connectivity index (χ0n) is 13.2. The van der Waals surface area contributed by atoms with Gasteiger partial charge in [0.25, 0.3) is 11.1 Å². The zero-order valence-corrected chi connectivity index (χ0v) is 16.4. The lowest BCUT2D eigenvalue weighted by molar-refractivity contribution is -0.127. The molecule has 0 aromatic heterocycles. The molecule has 0 bridgehead atoms. The summed E-state index contributed by atoms with van der Waals surface area (Å²) in [5, 5.41) is 2.77. The molecule has 1 aliphatic rings. The molecule has 1 saturated heterocycles. The van der Waals surface area contributed by atoms with Crippen molar-refractivity contribution >= 4 is 68.1 Å². The first-order chi connectivity index (χ1) is 12.4. The molecule has 0 aliphatic carbocycles. The molecule has 1 heterocycles. The molecule has 1 N–H and O–H groups in total. The number of hydrogen-bond donors (Lipinski definition) is 1. The van der Waals surface area contributed by atoms with E-state index in [2.05, 4.69) is 21.2 Å². The molecule has 0 spiro atoms. The van der Waals surface area contributed by atoms with E-state index < -0.39 is 17.1 Å². The van der Waals surface area contributed by atoms with E-state index in [9.17, 15) is 14.4 Å². The minimum atomic E-state index is -0.485. The van der Waals surface area contributed by atoms with Crippen molar-refractivity contribution in [2.75, 3.05) is 11.9 Å². The molecule has 3 rings (SSSR count). The minimum Gasteiger partial charge on any atom is -0.325 e. The van der Waals surface area contributed by atoms with Gasteiger partial charge in [0, 0.05) is 15.2 Å². The number of rotatable bonds is 4. The van der Waals surface area contributed by atoms with E-state index in [1.54, 1.807) is 54.6 Å². The van der Waals surface area contributed by atoms with Crippen molar-refractivity contribution in [3.63, 3.8) is 0 Å². The number of benzene rings is 2. The van der Waals surface area contributed by atoms with Gasteiger partial charge in [-0.1, -0.05) is 39.7 Å². The molecule has 8 heteroatoms. The summed E-state index contributed by atoms with van der Waals surface area (Å²) in [6.07, 6.45) is 1.61. The molecule has 2 aromatic rings. The summed E-state index contributed by atoms with van der Waals surface area (Å²) in [6, 6.07) is 13.9. The SMILES string of the molecule is O=C(CN1C(=O)S/C(=C/c2ccc(Cl)cc2)C1=O)Nc1ccc(Br)cc1. The summed E-state index contributed by atoms with van der Waals surface area (Å²) in [4.78, 5) is 37.9. The highest BCUT2D eigenvalue weighted by atomic mass is 79.9. The van der Waals surface area contributed by atoms with Crippen LogP contribution >= 0.6 is 39.3 Å². The second-order valence-corrected chi connectivity index (χ2v) is 7.72. The Labute approximate surface area is 167 Å². The van der Waals surface area contributed by atoms with Crippen LogP contribution in [0.3, 0.4) is 0 Å². The molecule has 0 saturated carbocycles. The average molecular weight is 452 g/mol. The standard InChI is InChI=1S/C18H12BrClN2O3S/c19-12-3-7-14(8-4-12)21-16(23)10-22-17(24)15(26-18(22)25)9-11-1-5-13(20)6-2-11/h1-9H,10H2,(H,21,23)/b15-9+. The van der Waals surface area contributed by atoms with Crippen molar-refractivity contribution in [3.8, 4) is 0 Å². The summed E-state index contributed by atoms with van der Waals surface area (Å²) in [5.74, 6) is -0.928. The highest BCUT2D eigenvalue weighted by Crippen LogP contribution is 2.32. The lowest BCUT2D eigenvalue weighted by Crippen LogP contribution is -2.36. The van der Waals surface area contributed by atoms with Gasteiger partial charge >= 0.3 is 0 Å². The Morgan fingerprint density at radius 1 is 1.12 bits per heavy atom. The fourth-order valence-electron chi connectivity index (χ4n) is 2.22. The summed E-state index contributed by atoms with van der Waals surface area (Å²) >= 11 is 9.95. The number of nitrogens with one attached hydrogen (secondary N) is 1. The summed E-state index contributed by atoms with van der Waals surface area (Å²) in [6.45, 7) is -0.335. The molecule has 0 atom stereocenters. The first-order valence-corrected chi connectivity index (χ1v) is 9.47. The summed E-state index contributed by atoms with van der Waals surface area (Å²) in [7, 11) is 0. The monoisotopic (exact) mass is 450 g/mol. The van der Waals surface area contributed by atoms with Gasteiger partial charge in [-0.15, -0.1) is 0 Å². The van der Waals surface area contributed by atoms with Crippen molar-refractivity contribution in [1.82, 2.24) is 4.90 Å². The van der Waals surface area contributed by atoms with Crippen LogP contribution in [0.1, 0.15) is 5.56 Å². The van der Waals surface area contributed by atoms with Crippen LogP contribution in [0.5, 0.6) is 0 Å². The molecule has 3 amide bonds. The van der Waals surface area contributed by atoms with Gasteiger partial charge in [0.05, 0.1) is 4.91 Å². The lowest BCUT2D eigenvalue weighted by atomic mass is 10.2. The number of hydrogen-bond acceptors (Lipinski definition) is 4. The second kappa shape index (κ2) is 8.07. The third-order valence-corrected chi connectivity index (χ3v) is 5.16. The van der Waals surface area contributed by atoms with E-state index in [0.717, 1.165) is 26.7 Å². The van der Waals surface area contributed by atoms with E-state index in [1.165, 1.54) is 0 Å². The zero-order chi connectivity index (χ0) is 18.7. The smallest absolute Gasteiger partial charge is 0.294 e. The summed E-state index contributed by atoms with van der Waals surface area (Å²) in [5.41, 5.74) is 1.33. The van der Waals surface area contributed by atoms with E-state index in [0.29, 0.717) is 10.7 Å². The van der Waals surface area contributed by atoms with Gasteiger partial charge in [0.2, 0.25) is 5.91 Å². The van der Waals surface area contributed by atoms with E-state index in [-0.39, 0.29) is 11.4 Å². The van der Waals surface area contributed by atoms with Crippen molar-refractivity contribution < 1.29 is 14.4 Å².